The molecular weight excluding hydrogens is 633 g/mol. The number of hydrogen-bond acceptors (Lipinski definition) is 9. The quantitative estimate of drug-likeness (QED) is 0.117. The van der Waals surface area contributed by atoms with Crippen molar-refractivity contribution in [1.82, 2.24) is 34.0 Å². The number of benzene rings is 2. The Morgan fingerprint density at radius 2 is 1.69 bits per heavy atom. The maximum absolute atomic E-state index is 15.2. The minimum absolute atomic E-state index is 0.0264. The van der Waals surface area contributed by atoms with Crippen LogP contribution in [0.25, 0.3) is 16.7 Å². The zero-order valence-electron chi connectivity index (χ0n) is 28.7. The van der Waals surface area contributed by atoms with Crippen LogP contribution in [0.3, 0.4) is 0 Å². The molecule has 1 aliphatic rings. The van der Waals surface area contributed by atoms with Crippen molar-refractivity contribution in [3.63, 3.8) is 0 Å². The third kappa shape index (κ3) is 7.30. The van der Waals surface area contributed by atoms with Crippen molar-refractivity contribution in [2.75, 3.05) is 56.7 Å². The first kappa shape index (κ1) is 33.7. The summed E-state index contributed by atoms with van der Waals surface area (Å²) in [5.41, 5.74) is 3.20. The van der Waals surface area contributed by atoms with Gasteiger partial charge < -0.3 is 28.7 Å². The lowest BCUT2D eigenvalue weighted by Gasteiger charge is -2.33. The summed E-state index contributed by atoms with van der Waals surface area (Å²) in [5, 5.41) is 4.74. The molecule has 0 N–H and O–H groups in total. The summed E-state index contributed by atoms with van der Waals surface area (Å²) in [5.74, 6) is 0.573. The lowest BCUT2D eigenvalue weighted by Crippen LogP contribution is -2.45. The SMILES string of the molecule is CCc1cnn2c(N(Cc3ccc(OC)cc3)Cc3nc4c(F)c(F)ccc4n3COCC[Si](C)(C)C)nc(N3CCN(C)CC3)nc12. The maximum atomic E-state index is 15.2. The molecule has 0 spiro atoms. The van der Waals surface area contributed by atoms with Gasteiger partial charge in [0.2, 0.25) is 11.9 Å². The molecule has 0 amide bonds. The van der Waals surface area contributed by atoms with Gasteiger partial charge in [-0.25, -0.2) is 13.8 Å². The number of aryl methyl sites for hydroxylation is 1. The third-order valence-electron chi connectivity index (χ3n) is 8.83. The van der Waals surface area contributed by atoms with E-state index in [1.807, 2.05) is 35.0 Å². The first-order chi connectivity index (χ1) is 23.0. The molecule has 48 heavy (non-hydrogen) atoms. The predicted octanol–water partition coefficient (Wildman–Crippen LogP) is 5.59. The Morgan fingerprint density at radius 3 is 2.38 bits per heavy atom. The molecule has 6 rings (SSSR count). The smallest absolute Gasteiger partial charge is 0.232 e. The summed E-state index contributed by atoms with van der Waals surface area (Å²) in [6.07, 6.45) is 2.60. The molecule has 5 aromatic rings. The number of nitrogens with zero attached hydrogens (tertiary/aromatic N) is 9. The maximum Gasteiger partial charge on any atom is 0.232 e. The number of likely N-dealkylation sites (N-methyl/N-ethyl adjacent to an activating group) is 1. The largest absolute Gasteiger partial charge is 0.497 e. The molecule has 0 atom stereocenters. The average molecular weight is 678 g/mol. The topological polar surface area (TPSA) is 89.1 Å². The second kappa shape index (κ2) is 14.1. The van der Waals surface area contributed by atoms with Gasteiger partial charge in [-0.2, -0.15) is 19.6 Å². The summed E-state index contributed by atoms with van der Waals surface area (Å²) >= 11 is 0. The summed E-state index contributed by atoms with van der Waals surface area (Å²) in [4.78, 5) is 21.4. The van der Waals surface area contributed by atoms with Crippen LogP contribution in [-0.2, 0) is 31.0 Å². The summed E-state index contributed by atoms with van der Waals surface area (Å²) < 4.78 is 44.8. The number of piperazine rings is 1. The summed E-state index contributed by atoms with van der Waals surface area (Å²) in [6.45, 7) is 13.8. The number of anilines is 2. The van der Waals surface area contributed by atoms with E-state index in [-0.39, 0.29) is 18.8 Å². The molecule has 0 bridgehead atoms. The number of aromatic nitrogens is 6. The van der Waals surface area contributed by atoms with E-state index in [1.54, 1.807) is 17.7 Å². The van der Waals surface area contributed by atoms with E-state index in [0.29, 0.717) is 36.4 Å². The zero-order valence-corrected chi connectivity index (χ0v) is 29.7. The highest BCUT2D eigenvalue weighted by molar-refractivity contribution is 6.76. The molecule has 256 valence electrons. The van der Waals surface area contributed by atoms with Crippen molar-refractivity contribution >= 4 is 36.7 Å². The molecule has 11 nitrogen and oxygen atoms in total. The lowest BCUT2D eigenvalue weighted by molar-refractivity contribution is 0.0878. The fourth-order valence-electron chi connectivity index (χ4n) is 5.80. The normalized spacial score (nSPS) is 14.4. The van der Waals surface area contributed by atoms with Crippen LogP contribution in [0.1, 0.15) is 23.9 Å². The van der Waals surface area contributed by atoms with Gasteiger partial charge in [-0.15, -0.1) is 0 Å². The first-order valence-corrected chi connectivity index (χ1v) is 20.2. The van der Waals surface area contributed by atoms with Crippen LogP contribution in [-0.4, -0.2) is 89.1 Å². The molecule has 1 saturated heterocycles. The Kier molecular flexibility index (Phi) is 9.94. The molecular formula is C34H45F2N9O2Si. The van der Waals surface area contributed by atoms with Crippen LogP contribution in [0.15, 0.2) is 42.6 Å². The third-order valence-corrected chi connectivity index (χ3v) is 10.5. The zero-order chi connectivity index (χ0) is 34.0. The minimum atomic E-state index is -1.34. The van der Waals surface area contributed by atoms with Crippen molar-refractivity contribution in [1.29, 1.82) is 0 Å². The number of rotatable bonds is 13. The number of ether oxygens (including phenoxy) is 2. The summed E-state index contributed by atoms with van der Waals surface area (Å²) in [7, 11) is 2.41. The Labute approximate surface area is 281 Å². The van der Waals surface area contributed by atoms with Crippen LogP contribution in [0.2, 0.25) is 25.7 Å². The molecule has 14 heteroatoms. The molecule has 0 aliphatic carbocycles. The van der Waals surface area contributed by atoms with Gasteiger partial charge in [0.15, 0.2) is 17.3 Å². The average Bonchev–Trinajstić information content (AvgIpc) is 3.65. The molecule has 0 radical (unpaired) electrons. The fourth-order valence-corrected chi connectivity index (χ4v) is 6.56. The van der Waals surface area contributed by atoms with Gasteiger partial charge in [-0.05, 0) is 49.3 Å². The Balaban J connectivity index is 1.46. The molecule has 0 saturated carbocycles. The highest BCUT2D eigenvalue weighted by atomic mass is 28.3. The Morgan fingerprint density at radius 1 is 0.938 bits per heavy atom. The second-order valence-electron chi connectivity index (χ2n) is 13.6. The van der Waals surface area contributed by atoms with E-state index < -0.39 is 19.7 Å². The Bertz CT molecular complexity index is 1870. The van der Waals surface area contributed by atoms with E-state index in [2.05, 4.69) is 53.3 Å². The van der Waals surface area contributed by atoms with Crippen molar-refractivity contribution in [2.24, 2.45) is 0 Å². The predicted molar refractivity (Wildman–Crippen MR) is 187 cm³/mol. The van der Waals surface area contributed by atoms with Crippen molar-refractivity contribution in [2.45, 2.75) is 58.9 Å². The van der Waals surface area contributed by atoms with Gasteiger partial charge in [-0.1, -0.05) is 38.7 Å². The summed E-state index contributed by atoms with van der Waals surface area (Å²) in [6, 6.07) is 11.5. The highest BCUT2D eigenvalue weighted by Crippen LogP contribution is 2.28. The van der Waals surface area contributed by atoms with E-state index in [0.717, 1.165) is 67.2 Å². The molecule has 2 aromatic carbocycles. The Hall–Kier alpha value is -4.14. The number of hydrogen-bond donors (Lipinski definition) is 0. The number of halogens is 2. The number of methoxy groups -OCH3 is 1. The molecule has 1 aliphatic heterocycles. The molecule has 3 aromatic heterocycles. The van der Waals surface area contributed by atoms with Gasteiger partial charge in [0.05, 0.1) is 25.4 Å². The minimum Gasteiger partial charge on any atom is -0.497 e. The number of fused-ring (bicyclic) bond motifs is 2. The van der Waals surface area contributed by atoms with Crippen molar-refractivity contribution in [3.8, 4) is 5.75 Å². The van der Waals surface area contributed by atoms with Gasteiger partial charge in [0, 0.05) is 53.0 Å². The van der Waals surface area contributed by atoms with Crippen molar-refractivity contribution in [3.05, 3.63) is 71.2 Å². The van der Waals surface area contributed by atoms with Crippen LogP contribution in [0.4, 0.5) is 20.7 Å². The monoisotopic (exact) mass is 677 g/mol. The fraction of sp³-hybridized carbons (Fsp3) is 0.471. The van der Waals surface area contributed by atoms with Crippen LogP contribution in [0.5, 0.6) is 5.75 Å². The standard InChI is InChI=1S/C34H45F2N9O2Si/c1-7-25-20-37-45-32(25)39-33(42-16-14-41(2)15-17-42)40-34(45)43(21-24-8-10-26(46-3)11-9-24)22-29-38-31-28(13-12-27(35)30(31)36)44(29)23-47-18-19-48(4,5)6/h8-13,20H,7,14-19,21-23H2,1-6H3. The van der Waals surface area contributed by atoms with Gasteiger partial charge in [0.25, 0.3) is 0 Å². The molecule has 4 heterocycles. The van der Waals surface area contributed by atoms with E-state index >= 15 is 4.39 Å². The highest BCUT2D eigenvalue weighted by Gasteiger charge is 2.26. The molecule has 1 fully saturated rings. The second-order valence-corrected chi connectivity index (χ2v) is 19.2. The van der Waals surface area contributed by atoms with E-state index in [9.17, 15) is 4.39 Å². The van der Waals surface area contributed by atoms with Crippen LogP contribution in [0, 0.1) is 11.6 Å². The van der Waals surface area contributed by atoms with Gasteiger partial charge in [-0.3, -0.25) is 0 Å². The van der Waals surface area contributed by atoms with E-state index in [4.69, 9.17) is 24.5 Å². The lowest BCUT2D eigenvalue weighted by atomic mass is 10.2. The van der Waals surface area contributed by atoms with Crippen LogP contribution < -0.4 is 14.5 Å². The van der Waals surface area contributed by atoms with Gasteiger partial charge in [0.1, 0.15) is 23.8 Å². The van der Waals surface area contributed by atoms with Crippen LogP contribution >= 0.6 is 0 Å². The van der Waals surface area contributed by atoms with E-state index in [1.165, 1.54) is 0 Å². The van der Waals surface area contributed by atoms with Crippen molar-refractivity contribution < 1.29 is 18.3 Å². The van der Waals surface area contributed by atoms with Gasteiger partial charge >= 0.3 is 0 Å². The first-order valence-electron chi connectivity index (χ1n) is 16.5. The molecule has 0 unspecified atom stereocenters. The number of imidazole rings is 1.